The van der Waals surface area contributed by atoms with Crippen LogP contribution < -0.4 is 5.32 Å². The number of nitrogens with one attached hydrogen (secondary N) is 1. The van der Waals surface area contributed by atoms with Crippen LogP contribution in [0.25, 0.3) is 5.70 Å². The summed E-state index contributed by atoms with van der Waals surface area (Å²) in [5.41, 5.74) is 7.52. The molecule has 0 amide bonds. The van der Waals surface area contributed by atoms with Gasteiger partial charge in [0.2, 0.25) is 0 Å². The zero-order valence-corrected chi connectivity index (χ0v) is 23.1. The molecule has 5 rings (SSSR count). The Bertz CT molecular complexity index is 1060. The average Bonchev–Trinajstić information content (AvgIpc) is 2.93. The van der Waals surface area contributed by atoms with Crippen molar-refractivity contribution in [2.24, 2.45) is 10.4 Å². The maximum Gasteiger partial charge on any atom is 0.163 e. The van der Waals surface area contributed by atoms with Crippen molar-refractivity contribution in [3.05, 3.63) is 76.9 Å². The van der Waals surface area contributed by atoms with E-state index in [2.05, 4.69) is 78.7 Å². The molecule has 4 heteroatoms. The molecular weight excluding hydrogens is 458 g/mol. The molecule has 1 saturated carbocycles. The fourth-order valence-electron chi connectivity index (χ4n) is 6.46. The SMILES string of the molecule is CCCCN(CCCC)C1N=C(SCc2ccccc2)NC2=C1C1(CCCCC1)Cc1ccccc12. The normalized spacial score (nSPS) is 20.6. The van der Waals surface area contributed by atoms with E-state index in [0.29, 0.717) is 0 Å². The van der Waals surface area contributed by atoms with E-state index in [1.807, 2.05) is 11.8 Å². The number of unbranched alkanes of at least 4 members (excludes halogenated alkanes) is 2. The lowest BCUT2D eigenvalue weighted by molar-refractivity contribution is 0.157. The number of thioether (sulfide) groups is 1. The van der Waals surface area contributed by atoms with Crippen molar-refractivity contribution in [1.29, 1.82) is 0 Å². The molecule has 2 aromatic rings. The van der Waals surface area contributed by atoms with Gasteiger partial charge in [0, 0.05) is 29.8 Å². The monoisotopic (exact) mass is 501 g/mol. The van der Waals surface area contributed by atoms with Gasteiger partial charge in [0.15, 0.2) is 5.17 Å². The first kappa shape index (κ1) is 25.6. The molecule has 2 aliphatic carbocycles. The van der Waals surface area contributed by atoms with Crippen LogP contribution >= 0.6 is 11.8 Å². The van der Waals surface area contributed by atoms with Crippen LogP contribution in [-0.2, 0) is 12.2 Å². The summed E-state index contributed by atoms with van der Waals surface area (Å²) in [5, 5.41) is 5.00. The van der Waals surface area contributed by atoms with E-state index in [1.165, 1.54) is 86.6 Å². The second-order valence-corrected chi connectivity index (χ2v) is 11.9. The summed E-state index contributed by atoms with van der Waals surface area (Å²) in [6, 6.07) is 20.0. The lowest BCUT2D eigenvalue weighted by Crippen LogP contribution is -2.50. The number of aliphatic imine (C=N–C) groups is 1. The van der Waals surface area contributed by atoms with Gasteiger partial charge in [-0.15, -0.1) is 0 Å². The van der Waals surface area contributed by atoms with E-state index in [4.69, 9.17) is 4.99 Å². The molecule has 1 fully saturated rings. The van der Waals surface area contributed by atoms with Crippen molar-refractivity contribution in [2.75, 3.05) is 13.1 Å². The lowest BCUT2D eigenvalue weighted by atomic mass is 9.61. The maximum absolute atomic E-state index is 5.55. The van der Waals surface area contributed by atoms with Gasteiger partial charge in [-0.3, -0.25) is 4.90 Å². The first-order chi connectivity index (χ1) is 17.7. The Labute approximate surface area is 222 Å². The van der Waals surface area contributed by atoms with Gasteiger partial charge in [-0.25, -0.2) is 4.99 Å². The van der Waals surface area contributed by atoms with E-state index >= 15 is 0 Å². The Balaban J connectivity index is 1.57. The fourth-order valence-corrected chi connectivity index (χ4v) is 7.30. The largest absolute Gasteiger partial charge is 0.334 e. The van der Waals surface area contributed by atoms with E-state index < -0.39 is 0 Å². The molecule has 0 aromatic heterocycles. The van der Waals surface area contributed by atoms with Gasteiger partial charge < -0.3 is 5.32 Å². The summed E-state index contributed by atoms with van der Waals surface area (Å²) < 4.78 is 0. The average molecular weight is 502 g/mol. The molecule has 36 heavy (non-hydrogen) atoms. The van der Waals surface area contributed by atoms with E-state index in [9.17, 15) is 0 Å². The maximum atomic E-state index is 5.55. The highest BCUT2D eigenvalue weighted by molar-refractivity contribution is 8.13. The Kier molecular flexibility index (Phi) is 8.54. The summed E-state index contributed by atoms with van der Waals surface area (Å²) in [6.45, 7) is 6.90. The third kappa shape index (κ3) is 5.45. The molecular formula is C32H43N3S. The topological polar surface area (TPSA) is 27.6 Å². The van der Waals surface area contributed by atoms with Gasteiger partial charge in [0.1, 0.15) is 6.17 Å². The molecule has 1 unspecified atom stereocenters. The van der Waals surface area contributed by atoms with Gasteiger partial charge in [0.25, 0.3) is 0 Å². The smallest absolute Gasteiger partial charge is 0.163 e. The highest BCUT2D eigenvalue weighted by atomic mass is 32.2. The molecule has 2 aromatic carbocycles. The highest BCUT2D eigenvalue weighted by Gasteiger charge is 2.47. The molecule has 0 radical (unpaired) electrons. The summed E-state index contributed by atoms with van der Waals surface area (Å²) in [6.07, 6.45) is 12.9. The summed E-state index contributed by atoms with van der Waals surface area (Å²) in [4.78, 5) is 8.28. The summed E-state index contributed by atoms with van der Waals surface area (Å²) in [7, 11) is 0. The predicted octanol–water partition coefficient (Wildman–Crippen LogP) is 8.03. The molecule has 0 bridgehead atoms. The minimum atomic E-state index is 0.157. The Morgan fingerprint density at radius 2 is 1.61 bits per heavy atom. The van der Waals surface area contributed by atoms with Gasteiger partial charge in [-0.05, 0) is 48.8 Å². The van der Waals surface area contributed by atoms with Gasteiger partial charge in [-0.2, -0.15) is 0 Å². The quantitative estimate of drug-likeness (QED) is 0.377. The van der Waals surface area contributed by atoms with Crippen molar-refractivity contribution in [1.82, 2.24) is 10.2 Å². The molecule has 192 valence electrons. The van der Waals surface area contributed by atoms with Crippen LogP contribution in [-0.4, -0.2) is 29.3 Å². The van der Waals surface area contributed by atoms with Crippen LogP contribution in [0, 0.1) is 5.41 Å². The third-order valence-corrected chi connectivity index (χ3v) is 9.32. The molecule has 3 aliphatic rings. The Morgan fingerprint density at radius 1 is 0.917 bits per heavy atom. The lowest BCUT2D eigenvalue weighted by Gasteiger charge is -2.50. The number of benzene rings is 2. The summed E-state index contributed by atoms with van der Waals surface area (Å²) in [5.74, 6) is 0.943. The van der Waals surface area contributed by atoms with Crippen LogP contribution in [0.2, 0.25) is 0 Å². The van der Waals surface area contributed by atoms with Gasteiger partial charge >= 0.3 is 0 Å². The zero-order valence-electron chi connectivity index (χ0n) is 22.3. The Hall–Kier alpha value is -2.04. The third-order valence-electron chi connectivity index (χ3n) is 8.36. The van der Waals surface area contributed by atoms with Crippen LogP contribution in [0.5, 0.6) is 0 Å². The van der Waals surface area contributed by atoms with Gasteiger partial charge in [-0.1, -0.05) is 112 Å². The first-order valence-electron chi connectivity index (χ1n) is 14.3. The number of nitrogens with zero attached hydrogens (tertiary/aromatic N) is 2. The second kappa shape index (κ2) is 12.0. The minimum absolute atomic E-state index is 0.157. The number of amidine groups is 1. The first-order valence-corrected chi connectivity index (χ1v) is 15.3. The van der Waals surface area contributed by atoms with E-state index in [-0.39, 0.29) is 11.6 Å². The number of hydrogen-bond donors (Lipinski definition) is 1. The number of rotatable bonds is 9. The van der Waals surface area contributed by atoms with Crippen LogP contribution in [0.1, 0.15) is 88.3 Å². The van der Waals surface area contributed by atoms with Crippen LogP contribution in [0.15, 0.2) is 65.2 Å². The van der Waals surface area contributed by atoms with Crippen molar-refractivity contribution < 1.29 is 0 Å². The van der Waals surface area contributed by atoms with Gasteiger partial charge in [0.05, 0.1) is 5.70 Å². The van der Waals surface area contributed by atoms with Crippen LogP contribution in [0.4, 0.5) is 0 Å². The molecule has 1 heterocycles. The molecule has 0 saturated heterocycles. The number of hydrogen-bond acceptors (Lipinski definition) is 4. The predicted molar refractivity (Wildman–Crippen MR) is 156 cm³/mol. The standard InChI is InChI=1S/C32H43N3S/c1-3-5-21-35(22-6-4-2)30-28-29(33-31(34-30)36-24-25-15-9-7-10-16-25)27-18-12-11-17-26(27)23-32(28)19-13-8-14-20-32/h7,9-12,15-18,30H,3-6,8,13-14,19-24H2,1-2H3,(H,33,34). The van der Waals surface area contributed by atoms with Crippen molar-refractivity contribution in [3.63, 3.8) is 0 Å². The van der Waals surface area contributed by atoms with Crippen molar-refractivity contribution in [2.45, 2.75) is 90.0 Å². The minimum Gasteiger partial charge on any atom is -0.334 e. The zero-order chi connectivity index (χ0) is 24.8. The molecule has 1 N–H and O–H groups in total. The van der Waals surface area contributed by atoms with E-state index in [1.54, 1.807) is 5.57 Å². The summed E-state index contributed by atoms with van der Waals surface area (Å²) >= 11 is 1.86. The highest BCUT2D eigenvalue weighted by Crippen LogP contribution is 2.54. The Morgan fingerprint density at radius 3 is 2.33 bits per heavy atom. The van der Waals surface area contributed by atoms with Crippen molar-refractivity contribution in [3.8, 4) is 0 Å². The molecule has 3 nitrogen and oxygen atoms in total. The second-order valence-electron chi connectivity index (χ2n) is 10.9. The fraction of sp³-hybridized carbons (Fsp3) is 0.531. The number of fused-ring (bicyclic) bond motifs is 3. The molecule has 1 aliphatic heterocycles. The van der Waals surface area contributed by atoms with Crippen molar-refractivity contribution >= 4 is 22.6 Å². The van der Waals surface area contributed by atoms with Crippen LogP contribution in [0.3, 0.4) is 0 Å². The van der Waals surface area contributed by atoms with E-state index in [0.717, 1.165) is 24.0 Å². The molecule has 1 atom stereocenters. The molecule has 1 spiro atoms.